The topological polar surface area (TPSA) is 52.6 Å². The Balaban J connectivity index is 2.24. The van der Waals surface area contributed by atoms with Crippen molar-refractivity contribution in [2.24, 2.45) is 5.92 Å². The minimum atomic E-state index is -1.12. The number of benzene rings is 2. The fraction of sp³-hybridized carbons (Fsp3) is 0.500. The van der Waals surface area contributed by atoms with Gasteiger partial charge >= 0.3 is 5.97 Å². The molecule has 33 heavy (non-hydrogen) atoms. The SMILES string of the molecule is CSc1ccc(C(=O)C(C)[C@H](C)c2cc(C)c(OC(C)(C)C(=O)OC(C)(C)C)c(C)c2)cc1. The van der Waals surface area contributed by atoms with Crippen LogP contribution in [0.1, 0.15) is 81.4 Å². The lowest BCUT2D eigenvalue weighted by molar-refractivity contribution is -0.171. The molecular formula is C28H38O4S. The standard InChI is InChI=1S/C28H38O4S/c1-17-15-22(19(3)20(4)24(29)21-11-13-23(33-10)14-12-21)16-18(2)25(17)31-28(8,9)26(30)32-27(5,6)7/h11-16,19-20H,1-10H3/t19-,20?/m0/s1. The van der Waals surface area contributed by atoms with Crippen molar-refractivity contribution in [3.63, 3.8) is 0 Å². The number of esters is 1. The first-order chi connectivity index (χ1) is 15.2. The van der Waals surface area contributed by atoms with Crippen molar-refractivity contribution in [2.75, 3.05) is 6.26 Å². The summed E-state index contributed by atoms with van der Waals surface area (Å²) in [5.41, 5.74) is 1.96. The summed E-state index contributed by atoms with van der Waals surface area (Å²) < 4.78 is 11.7. The van der Waals surface area contributed by atoms with E-state index in [1.54, 1.807) is 25.6 Å². The van der Waals surface area contributed by atoms with Gasteiger partial charge in [0.1, 0.15) is 11.4 Å². The van der Waals surface area contributed by atoms with E-state index in [0.29, 0.717) is 5.75 Å². The van der Waals surface area contributed by atoms with E-state index in [9.17, 15) is 9.59 Å². The highest BCUT2D eigenvalue weighted by Gasteiger charge is 2.35. The van der Waals surface area contributed by atoms with Crippen LogP contribution in [0.4, 0.5) is 0 Å². The zero-order valence-electron chi connectivity index (χ0n) is 21.7. The highest BCUT2D eigenvalue weighted by Crippen LogP contribution is 2.35. The van der Waals surface area contributed by atoms with Crippen LogP contribution in [0.5, 0.6) is 5.75 Å². The second kappa shape index (κ2) is 10.3. The Bertz CT molecular complexity index is 977. The van der Waals surface area contributed by atoms with Crippen molar-refractivity contribution in [3.05, 3.63) is 58.7 Å². The van der Waals surface area contributed by atoms with Crippen LogP contribution in [0, 0.1) is 19.8 Å². The van der Waals surface area contributed by atoms with Crippen LogP contribution in [0.3, 0.4) is 0 Å². The van der Waals surface area contributed by atoms with Crippen molar-refractivity contribution in [3.8, 4) is 5.75 Å². The molecule has 180 valence electrons. The molecule has 0 radical (unpaired) electrons. The lowest BCUT2D eigenvalue weighted by Gasteiger charge is -2.30. The van der Waals surface area contributed by atoms with Gasteiger partial charge in [0.05, 0.1) is 0 Å². The summed E-state index contributed by atoms with van der Waals surface area (Å²) in [5, 5.41) is 0. The van der Waals surface area contributed by atoms with Crippen LogP contribution in [0.25, 0.3) is 0 Å². The predicted octanol–water partition coefficient (Wildman–Crippen LogP) is 7.15. The van der Waals surface area contributed by atoms with E-state index in [-0.39, 0.29) is 17.6 Å². The Morgan fingerprint density at radius 3 is 1.88 bits per heavy atom. The summed E-state index contributed by atoms with van der Waals surface area (Å²) in [6, 6.07) is 11.9. The third-order valence-corrected chi connectivity index (χ3v) is 6.54. The first kappa shape index (κ1) is 27.0. The van der Waals surface area contributed by atoms with Gasteiger partial charge in [-0.25, -0.2) is 4.79 Å². The van der Waals surface area contributed by atoms with Crippen molar-refractivity contribution in [1.29, 1.82) is 0 Å². The van der Waals surface area contributed by atoms with Gasteiger partial charge in [0.15, 0.2) is 11.4 Å². The maximum atomic E-state index is 13.1. The second-order valence-corrected chi connectivity index (χ2v) is 11.1. The van der Waals surface area contributed by atoms with E-state index in [2.05, 4.69) is 19.1 Å². The fourth-order valence-corrected chi connectivity index (χ4v) is 4.05. The number of carbonyl (C=O) groups excluding carboxylic acids is 2. The highest BCUT2D eigenvalue weighted by molar-refractivity contribution is 7.98. The Kier molecular flexibility index (Phi) is 8.45. The Morgan fingerprint density at radius 1 is 0.909 bits per heavy atom. The molecule has 0 saturated heterocycles. The minimum absolute atomic E-state index is 0.0306. The molecule has 0 spiro atoms. The molecule has 0 heterocycles. The van der Waals surface area contributed by atoms with Gasteiger partial charge in [0.2, 0.25) is 0 Å². The molecule has 5 heteroatoms. The third kappa shape index (κ3) is 6.86. The number of ketones is 1. The van der Waals surface area contributed by atoms with Gasteiger partial charge in [-0.15, -0.1) is 11.8 Å². The number of rotatable bonds is 8. The first-order valence-electron chi connectivity index (χ1n) is 11.4. The highest BCUT2D eigenvalue weighted by atomic mass is 32.2. The molecule has 2 aromatic carbocycles. The normalized spacial score (nSPS) is 13.9. The summed E-state index contributed by atoms with van der Waals surface area (Å²) in [5.74, 6) is 0.264. The number of carbonyl (C=O) groups is 2. The summed E-state index contributed by atoms with van der Waals surface area (Å²) in [6.07, 6.45) is 2.02. The monoisotopic (exact) mass is 470 g/mol. The van der Waals surface area contributed by atoms with E-state index in [0.717, 1.165) is 27.1 Å². The lowest BCUT2D eigenvalue weighted by Crippen LogP contribution is -2.43. The predicted molar refractivity (Wildman–Crippen MR) is 137 cm³/mol. The summed E-state index contributed by atoms with van der Waals surface area (Å²) in [7, 11) is 0. The molecule has 0 fully saturated rings. The van der Waals surface area contributed by atoms with Crippen molar-refractivity contribution < 1.29 is 19.1 Å². The molecule has 1 unspecified atom stereocenters. The van der Waals surface area contributed by atoms with E-state index in [1.807, 2.05) is 72.1 Å². The summed E-state index contributed by atoms with van der Waals surface area (Å²) in [6.45, 7) is 17.0. The lowest BCUT2D eigenvalue weighted by atomic mass is 9.82. The molecular weight excluding hydrogens is 432 g/mol. The van der Waals surface area contributed by atoms with E-state index >= 15 is 0 Å². The van der Waals surface area contributed by atoms with Crippen LogP contribution < -0.4 is 4.74 Å². The number of Topliss-reactive ketones (excluding diaryl/α,β-unsaturated/α-hetero) is 1. The molecule has 0 bridgehead atoms. The van der Waals surface area contributed by atoms with Crippen LogP contribution in [0.2, 0.25) is 0 Å². The Hall–Kier alpha value is -2.27. The molecule has 0 aliphatic rings. The van der Waals surface area contributed by atoms with E-state index in [1.165, 1.54) is 0 Å². The Morgan fingerprint density at radius 2 is 1.42 bits per heavy atom. The van der Waals surface area contributed by atoms with E-state index < -0.39 is 17.2 Å². The number of aryl methyl sites for hydroxylation is 2. The average Bonchev–Trinajstić information content (AvgIpc) is 2.73. The molecule has 2 atom stereocenters. The smallest absolute Gasteiger partial charge is 0.350 e. The van der Waals surface area contributed by atoms with Crippen LogP contribution in [-0.2, 0) is 9.53 Å². The number of hydrogen-bond acceptors (Lipinski definition) is 5. The molecule has 4 nitrogen and oxygen atoms in total. The van der Waals surface area contributed by atoms with Gasteiger partial charge in [-0.2, -0.15) is 0 Å². The van der Waals surface area contributed by atoms with Gasteiger partial charge in [0, 0.05) is 16.4 Å². The van der Waals surface area contributed by atoms with Crippen molar-refractivity contribution in [2.45, 2.75) is 84.3 Å². The van der Waals surface area contributed by atoms with Crippen LogP contribution in [0.15, 0.2) is 41.3 Å². The third-order valence-electron chi connectivity index (χ3n) is 5.79. The number of thioether (sulfide) groups is 1. The largest absolute Gasteiger partial charge is 0.476 e. The van der Waals surface area contributed by atoms with Crippen molar-refractivity contribution in [1.82, 2.24) is 0 Å². The molecule has 0 aromatic heterocycles. The molecule has 0 amide bonds. The fourth-order valence-electron chi connectivity index (χ4n) is 3.64. The molecule has 2 aromatic rings. The maximum absolute atomic E-state index is 13.1. The van der Waals surface area contributed by atoms with Crippen LogP contribution in [-0.4, -0.2) is 29.2 Å². The van der Waals surface area contributed by atoms with Gasteiger partial charge < -0.3 is 9.47 Å². The summed E-state index contributed by atoms with van der Waals surface area (Å²) >= 11 is 1.66. The van der Waals surface area contributed by atoms with Gasteiger partial charge in [-0.05, 0) is 89.5 Å². The molecule has 2 rings (SSSR count). The molecule has 0 N–H and O–H groups in total. The van der Waals surface area contributed by atoms with Gasteiger partial charge in [-0.1, -0.05) is 38.1 Å². The Labute approximate surface area is 203 Å². The minimum Gasteiger partial charge on any atom is -0.476 e. The second-order valence-electron chi connectivity index (χ2n) is 10.3. The molecule has 0 aliphatic heterocycles. The van der Waals surface area contributed by atoms with Gasteiger partial charge in [-0.3, -0.25) is 4.79 Å². The zero-order chi connectivity index (χ0) is 25.1. The zero-order valence-corrected chi connectivity index (χ0v) is 22.5. The van der Waals surface area contributed by atoms with Crippen LogP contribution >= 0.6 is 11.8 Å². The molecule has 0 saturated carbocycles. The molecule has 0 aliphatic carbocycles. The summed E-state index contributed by atoms with van der Waals surface area (Å²) in [4.78, 5) is 26.9. The average molecular weight is 471 g/mol. The number of ether oxygens (including phenoxy) is 2. The van der Waals surface area contributed by atoms with Crippen molar-refractivity contribution >= 4 is 23.5 Å². The maximum Gasteiger partial charge on any atom is 0.350 e. The van der Waals surface area contributed by atoms with E-state index in [4.69, 9.17) is 9.47 Å². The number of hydrogen-bond donors (Lipinski definition) is 0. The first-order valence-corrected chi connectivity index (χ1v) is 12.6. The quantitative estimate of drug-likeness (QED) is 0.233. The van der Waals surface area contributed by atoms with Gasteiger partial charge in [0.25, 0.3) is 0 Å².